The van der Waals surface area contributed by atoms with E-state index in [1.54, 1.807) is 33.7 Å². The van der Waals surface area contributed by atoms with Crippen LogP contribution < -0.4 is 10.6 Å². The molecule has 3 atom stereocenters. The smallest absolute Gasteiger partial charge is 0.407 e. The molecule has 1 amide bonds. The number of fused-ring (bicyclic) bond motifs is 1. The van der Waals surface area contributed by atoms with E-state index in [-0.39, 0.29) is 6.04 Å². The van der Waals surface area contributed by atoms with Crippen molar-refractivity contribution in [2.75, 3.05) is 5.32 Å². The van der Waals surface area contributed by atoms with Crippen molar-refractivity contribution < 1.29 is 13.9 Å². The quantitative estimate of drug-likeness (QED) is 0.397. The van der Waals surface area contributed by atoms with Crippen LogP contribution >= 0.6 is 0 Å². The van der Waals surface area contributed by atoms with E-state index < -0.39 is 24.3 Å². The summed E-state index contributed by atoms with van der Waals surface area (Å²) in [6.45, 7) is 3.65. The number of alkyl carbamates (subject to hydrolysis) is 1. The standard InChI is InChI=1S/C22H26FN9O2/c1-12(2)26-22(33)34-17-5-4-14(20(17)23)16-8-18(30-29-16)28-21-27-15(13-10-25-31(3)11-13)9-19-24-6-7-32(19)21/h6-12,14,17,20H,4-5H2,1-3H3,(H,26,33)(H2,27,28,29,30)/t14-,17-,20-/m0/s1. The van der Waals surface area contributed by atoms with Crippen LogP contribution in [0, 0.1) is 0 Å². The van der Waals surface area contributed by atoms with E-state index in [2.05, 4.69) is 30.9 Å². The fourth-order valence-corrected chi connectivity index (χ4v) is 4.20. The monoisotopic (exact) mass is 467 g/mol. The molecule has 0 unspecified atom stereocenters. The Labute approximate surface area is 194 Å². The number of carbonyl (C=O) groups is 1. The van der Waals surface area contributed by atoms with Crippen molar-refractivity contribution in [3.8, 4) is 11.3 Å². The van der Waals surface area contributed by atoms with Gasteiger partial charge < -0.3 is 15.4 Å². The van der Waals surface area contributed by atoms with Crippen molar-refractivity contribution in [3.63, 3.8) is 0 Å². The minimum absolute atomic E-state index is 0.0729. The third kappa shape index (κ3) is 4.30. The van der Waals surface area contributed by atoms with E-state index in [1.807, 2.05) is 33.2 Å². The molecular weight excluding hydrogens is 441 g/mol. The van der Waals surface area contributed by atoms with Crippen molar-refractivity contribution in [2.24, 2.45) is 7.05 Å². The third-order valence-electron chi connectivity index (χ3n) is 5.79. The number of halogens is 1. The number of imidazole rings is 1. The summed E-state index contributed by atoms with van der Waals surface area (Å²) in [4.78, 5) is 21.0. The number of aromatic amines is 1. The Bertz CT molecular complexity index is 1310. The molecule has 1 fully saturated rings. The summed E-state index contributed by atoms with van der Waals surface area (Å²) in [5, 5.41) is 17.3. The number of ether oxygens (including phenoxy) is 1. The van der Waals surface area contributed by atoms with Crippen LogP contribution in [0.5, 0.6) is 0 Å². The normalized spacial score (nSPS) is 20.2. The van der Waals surface area contributed by atoms with Crippen LogP contribution in [-0.2, 0) is 11.8 Å². The predicted molar refractivity (Wildman–Crippen MR) is 122 cm³/mol. The Kier molecular flexibility index (Phi) is 5.64. The molecule has 1 saturated carbocycles. The Morgan fingerprint density at radius 3 is 2.94 bits per heavy atom. The highest BCUT2D eigenvalue weighted by atomic mass is 19.1. The van der Waals surface area contributed by atoms with E-state index in [1.165, 1.54) is 0 Å². The van der Waals surface area contributed by atoms with Gasteiger partial charge in [0.15, 0.2) is 5.82 Å². The number of aromatic nitrogens is 7. The lowest BCUT2D eigenvalue weighted by Crippen LogP contribution is -2.36. The molecule has 0 aliphatic heterocycles. The molecule has 0 bridgehead atoms. The number of amides is 1. The topological polar surface area (TPSA) is 127 Å². The number of H-pyrrole nitrogens is 1. The van der Waals surface area contributed by atoms with Gasteiger partial charge in [0.2, 0.25) is 5.95 Å². The van der Waals surface area contributed by atoms with Crippen LogP contribution in [-0.4, -0.2) is 58.8 Å². The molecule has 0 spiro atoms. The highest BCUT2D eigenvalue weighted by molar-refractivity contribution is 5.68. The molecule has 5 rings (SSSR count). The molecule has 4 heterocycles. The molecule has 11 nitrogen and oxygen atoms in total. The van der Waals surface area contributed by atoms with Gasteiger partial charge in [-0.15, -0.1) is 0 Å². The van der Waals surface area contributed by atoms with Gasteiger partial charge in [-0.1, -0.05) is 0 Å². The van der Waals surface area contributed by atoms with Gasteiger partial charge >= 0.3 is 6.09 Å². The number of aryl methyl sites for hydroxylation is 1. The van der Waals surface area contributed by atoms with Gasteiger partial charge in [-0.3, -0.25) is 14.2 Å². The van der Waals surface area contributed by atoms with Crippen LogP contribution in [0.15, 0.2) is 36.9 Å². The number of anilines is 2. The van der Waals surface area contributed by atoms with Gasteiger partial charge in [0.05, 0.1) is 11.9 Å². The van der Waals surface area contributed by atoms with Crippen LogP contribution in [0.25, 0.3) is 16.9 Å². The lowest BCUT2D eigenvalue weighted by Gasteiger charge is -2.18. The molecule has 4 aromatic rings. The van der Waals surface area contributed by atoms with Crippen molar-refractivity contribution in [2.45, 2.75) is 50.9 Å². The number of carbonyl (C=O) groups excluding carboxylic acids is 1. The van der Waals surface area contributed by atoms with Crippen LogP contribution in [0.4, 0.5) is 21.0 Å². The SMILES string of the molecule is CC(C)NC(=O)O[C@H]1CC[C@@H](c2cc(Nc3nc(-c4cnn(C)c4)cc4nccn34)n[nH]2)[C@@H]1F. The minimum Gasteiger partial charge on any atom is -0.443 e. The van der Waals surface area contributed by atoms with Gasteiger partial charge in [0.1, 0.15) is 17.9 Å². The average molecular weight is 468 g/mol. The number of nitrogens with zero attached hydrogens (tertiary/aromatic N) is 6. The molecule has 1 aliphatic rings. The summed E-state index contributed by atoms with van der Waals surface area (Å²) in [6, 6.07) is 3.56. The van der Waals surface area contributed by atoms with Crippen molar-refractivity contribution in [1.82, 2.24) is 39.7 Å². The summed E-state index contributed by atoms with van der Waals surface area (Å²) in [5.74, 6) is 0.569. The molecular formula is C22H26FN9O2. The van der Waals surface area contributed by atoms with Crippen LogP contribution in [0.1, 0.15) is 38.3 Å². The van der Waals surface area contributed by atoms with E-state index in [9.17, 15) is 4.79 Å². The zero-order valence-corrected chi connectivity index (χ0v) is 19.1. The Balaban J connectivity index is 1.33. The first-order chi connectivity index (χ1) is 16.4. The largest absolute Gasteiger partial charge is 0.443 e. The van der Waals surface area contributed by atoms with Gasteiger partial charge in [0, 0.05) is 61.0 Å². The Morgan fingerprint density at radius 2 is 2.18 bits per heavy atom. The molecule has 0 radical (unpaired) electrons. The molecule has 178 valence electrons. The highest BCUT2D eigenvalue weighted by Gasteiger charge is 2.40. The number of hydrogen-bond donors (Lipinski definition) is 3. The number of nitrogens with one attached hydrogen (secondary N) is 3. The lowest BCUT2D eigenvalue weighted by molar-refractivity contribution is 0.0555. The van der Waals surface area contributed by atoms with Crippen molar-refractivity contribution in [3.05, 3.63) is 42.6 Å². The molecule has 34 heavy (non-hydrogen) atoms. The van der Waals surface area contributed by atoms with E-state index in [4.69, 9.17) is 9.72 Å². The minimum atomic E-state index is -1.32. The van der Waals surface area contributed by atoms with E-state index >= 15 is 4.39 Å². The first-order valence-corrected chi connectivity index (χ1v) is 11.1. The maximum absolute atomic E-state index is 15.1. The first-order valence-electron chi connectivity index (χ1n) is 11.1. The number of alkyl halides is 1. The fraction of sp³-hybridized carbons (Fsp3) is 0.409. The fourth-order valence-electron chi connectivity index (χ4n) is 4.20. The summed E-state index contributed by atoms with van der Waals surface area (Å²) < 4.78 is 23.9. The molecule has 3 N–H and O–H groups in total. The predicted octanol–water partition coefficient (Wildman–Crippen LogP) is 3.32. The first kappa shape index (κ1) is 21.9. The second-order valence-electron chi connectivity index (χ2n) is 8.73. The summed E-state index contributed by atoms with van der Waals surface area (Å²) in [7, 11) is 1.84. The van der Waals surface area contributed by atoms with Gasteiger partial charge in [-0.05, 0) is 26.7 Å². The van der Waals surface area contributed by atoms with Gasteiger partial charge in [-0.2, -0.15) is 10.2 Å². The zero-order chi connectivity index (χ0) is 23.8. The van der Waals surface area contributed by atoms with Crippen LogP contribution in [0.2, 0.25) is 0 Å². The average Bonchev–Trinajstić information content (AvgIpc) is 3.56. The molecule has 12 heteroatoms. The second-order valence-corrected chi connectivity index (χ2v) is 8.73. The summed E-state index contributed by atoms with van der Waals surface area (Å²) in [5.41, 5.74) is 2.92. The highest BCUT2D eigenvalue weighted by Crippen LogP contribution is 2.38. The van der Waals surface area contributed by atoms with E-state index in [0.717, 1.165) is 5.56 Å². The zero-order valence-electron chi connectivity index (χ0n) is 19.1. The van der Waals surface area contributed by atoms with Gasteiger partial charge in [-0.25, -0.2) is 19.2 Å². The molecule has 4 aromatic heterocycles. The Hall–Kier alpha value is -3.96. The summed E-state index contributed by atoms with van der Waals surface area (Å²) >= 11 is 0. The third-order valence-corrected chi connectivity index (χ3v) is 5.79. The number of hydrogen-bond acceptors (Lipinski definition) is 7. The summed E-state index contributed by atoms with van der Waals surface area (Å²) in [6.07, 6.45) is 5.38. The van der Waals surface area contributed by atoms with Crippen LogP contribution in [0.3, 0.4) is 0 Å². The van der Waals surface area contributed by atoms with Gasteiger partial charge in [0.25, 0.3) is 0 Å². The number of rotatable bonds is 6. The van der Waals surface area contributed by atoms with Crippen molar-refractivity contribution in [1.29, 1.82) is 0 Å². The Morgan fingerprint density at radius 1 is 1.32 bits per heavy atom. The van der Waals surface area contributed by atoms with E-state index in [0.29, 0.717) is 41.6 Å². The molecule has 0 saturated heterocycles. The molecule has 0 aromatic carbocycles. The second kappa shape index (κ2) is 8.76. The van der Waals surface area contributed by atoms with Crippen molar-refractivity contribution >= 4 is 23.5 Å². The lowest BCUT2D eigenvalue weighted by atomic mass is 10.0. The molecule has 1 aliphatic carbocycles. The maximum Gasteiger partial charge on any atom is 0.407 e. The maximum atomic E-state index is 15.1.